The predicted molar refractivity (Wildman–Crippen MR) is 74.3 cm³/mol. The zero-order valence-electron chi connectivity index (χ0n) is 11.4. The molecule has 0 radical (unpaired) electrons. The summed E-state index contributed by atoms with van der Waals surface area (Å²) in [5, 5.41) is 0. The van der Waals surface area contributed by atoms with Crippen LogP contribution in [0.2, 0.25) is 0 Å². The van der Waals surface area contributed by atoms with Crippen molar-refractivity contribution in [2.75, 3.05) is 0 Å². The van der Waals surface area contributed by atoms with Crippen molar-refractivity contribution in [1.82, 2.24) is 4.57 Å². The number of aromatic nitrogens is 1. The van der Waals surface area contributed by atoms with Crippen molar-refractivity contribution in [2.45, 2.75) is 27.7 Å². The Morgan fingerprint density at radius 1 is 1.06 bits per heavy atom. The third kappa shape index (κ3) is 2.37. The maximum atomic E-state index is 12.4. The maximum absolute atomic E-state index is 12.4. The van der Waals surface area contributed by atoms with Crippen molar-refractivity contribution in [1.29, 1.82) is 0 Å². The Morgan fingerprint density at radius 2 is 1.67 bits per heavy atom. The lowest BCUT2D eigenvalue weighted by Gasteiger charge is -2.18. The summed E-state index contributed by atoms with van der Waals surface area (Å²) in [6.07, 6.45) is 1.93. The summed E-state index contributed by atoms with van der Waals surface area (Å²) in [6, 6.07) is 12.0. The van der Waals surface area contributed by atoms with Gasteiger partial charge in [0.05, 0.1) is 5.69 Å². The molecule has 0 saturated carbocycles. The van der Waals surface area contributed by atoms with Crippen molar-refractivity contribution in [3.8, 4) is 5.69 Å². The average Bonchev–Trinajstić information content (AvgIpc) is 2.76. The van der Waals surface area contributed by atoms with Gasteiger partial charge in [-0.2, -0.15) is 0 Å². The number of ketones is 1. The molecule has 0 spiro atoms. The molecule has 1 aromatic heterocycles. The fraction of sp³-hybridized carbons (Fsp3) is 0.312. The number of nitrogens with zero attached hydrogens (tertiary/aromatic N) is 1. The van der Waals surface area contributed by atoms with Crippen LogP contribution in [0.25, 0.3) is 5.69 Å². The quantitative estimate of drug-likeness (QED) is 0.728. The molecule has 0 N–H and O–H groups in total. The van der Waals surface area contributed by atoms with Gasteiger partial charge in [-0.05, 0) is 31.2 Å². The van der Waals surface area contributed by atoms with Gasteiger partial charge in [-0.15, -0.1) is 0 Å². The Labute approximate surface area is 108 Å². The second-order valence-electron chi connectivity index (χ2n) is 5.68. The number of aryl methyl sites for hydroxylation is 1. The highest BCUT2D eigenvalue weighted by Gasteiger charge is 2.25. The molecule has 94 valence electrons. The minimum absolute atomic E-state index is 0.160. The molecular weight excluding hydrogens is 222 g/mol. The summed E-state index contributed by atoms with van der Waals surface area (Å²) in [6.45, 7) is 7.89. The Hall–Kier alpha value is -1.83. The van der Waals surface area contributed by atoms with Crippen LogP contribution in [0.5, 0.6) is 0 Å². The number of benzene rings is 1. The van der Waals surface area contributed by atoms with E-state index in [0.717, 1.165) is 11.4 Å². The van der Waals surface area contributed by atoms with Crippen LogP contribution in [-0.2, 0) is 0 Å². The molecule has 2 aromatic rings. The number of carbonyl (C=O) groups excluding carboxylic acids is 1. The van der Waals surface area contributed by atoms with Crippen LogP contribution < -0.4 is 0 Å². The second kappa shape index (κ2) is 4.45. The van der Waals surface area contributed by atoms with Crippen molar-refractivity contribution in [3.05, 3.63) is 53.9 Å². The van der Waals surface area contributed by atoms with Gasteiger partial charge in [0.15, 0.2) is 5.78 Å². The third-order valence-corrected chi connectivity index (χ3v) is 2.97. The Morgan fingerprint density at radius 3 is 2.22 bits per heavy atom. The first-order valence-corrected chi connectivity index (χ1v) is 6.19. The van der Waals surface area contributed by atoms with E-state index < -0.39 is 0 Å². The molecule has 2 nitrogen and oxygen atoms in total. The van der Waals surface area contributed by atoms with E-state index in [1.165, 1.54) is 5.56 Å². The average molecular weight is 241 g/mol. The van der Waals surface area contributed by atoms with E-state index in [-0.39, 0.29) is 11.2 Å². The zero-order chi connectivity index (χ0) is 13.3. The molecule has 1 aromatic carbocycles. The number of hydrogen-bond donors (Lipinski definition) is 0. The minimum atomic E-state index is -0.360. The van der Waals surface area contributed by atoms with E-state index in [1.807, 2.05) is 55.8 Å². The molecule has 2 heteroatoms. The standard InChI is InChI=1S/C16H19NO/c1-12-7-9-13(10-8-12)17-11-5-6-14(17)15(18)16(2,3)4/h5-11H,1-4H3. The van der Waals surface area contributed by atoms with Gasteiger partial charge in [0.25, 0.3) is 0 Å². The highest BCUT2D eigenvalue weighted by Crippen LogP contribution is 2.23. The van der Waals surface area contributed by atoms with Crippen LogP contribution in [-0.4, -0.2) is 10.4 Å². The van der Waals surface area contributed by atoms with E-state index in [1.54, 1.807) is 0 Å². The lowest BCUT2D eigenvalue weighted by molar-refractivity contribution is 0.0851. The highest BCUT2D eigenvalue weighted by molar-refractivity contribution is 5.99. The highest BCUT2D eigenvalue weighted by atomic mass is 16.1. The number of carbonyl (C=O) groups is 1. The zero-order valence-corrected chi connectivity index (χ0v) is 11.4. The largest absolute Gasteiger partial charge is 0.314 e. The first-order chi connectivity index (χ1) is 8.39. The van der Waals surface area contributed by atoms with Crippen LogP contribution in [0, 0.1) is 12.3 Å². The lowest BCUT2D eigenvalue weighted by Crippen LogP contribution is -2.22. The fourth-order valence-corrected chi connectivity index (χ4v) is 1.88. The smallest absolute Gasteiger partial charge is 0.184 e. The molecule has 0 saturated heterocycles. The molecule has 1 heterocycles. The van der Waals surface area contributed by atoms with E-state index in [0.29, 0.717) is 0 Å². The topological polar surface area (TPSA) is 22.0 Å². The van der Waals surface area contributed by atoms with Crippen LogP contribution in [0.4, 0.5) is 0 Å². The number of Topliss-reactive ketones (excluding diaryl/α,β-unsaturated/α-hetero) is 1. The van der Waals surface area contributed by atoms with Crippen LogP contribution in [0.1, 0.15) is 36.8 Å². The second-order valence-corrected chi connectivity index (χ2v) is 5.68. The van der Waals surface area contributed by atoms with E-state index in [2.05, 4.69) is 19.1 Å². The summed E-state index contributed by atoms with van der Waals surface area (Å²) in [4.78, 5) is 12.4. The minimum Gasteiger partial charge on any atom is -0.314 e. The molecule has 0 amide bonds. The van der Waals surface area contributed by atoms with Crippen molar-refractivity contribution in [2.24, 2.45) is 5.41 Å². The summed E-state index contributed by atoms with van der Waals surface area (Å²) in [7, 11) is 0. The van der Waals surface area contributed by atoms with E-state index in [4.69, 9.17) is 0 Å². The van der Waals surface area contributed by atoms with Gasteiger partial charge in [0.1, 0.15) is 0 Å². The van der Waals surface area contributed by atoms with Gasteiger partial charge >= 0.3 is 0 Å². The Balaban J connectivity index is 2.45. The molecule has 0 fully saturated rings. The number of hydrogen-bond acceptors (Lipinski definition) is 1. The third-order valence-electron chi connectivity index (χ3n) is 2.97. The summed E-state index contributed by atoms with van der Waals surface area (Å²) in [5.41, 5.74) is 2.63. The normalized spacial score (nSPS) is 11.6. The summed E-state index contributed by atoms with van der Waals surface area (Å²) >= 11 is 0. The van der Waals surface area contributed by atoms with Gasteiger partial charge in [-0.25, -0.2) is 0 Å². The predicted octanol–water partition coefficient (Wildman–Crippen LogP) is 4.01. The molecule has 0 bridgehead atoms. The monoisotopic (exact) mass is 241 g/mol. The molecule has 2 rings (SSSR count). The summed E-state index contributed by atoms with van der Waals surface area (Å²) in [5.74, 6) is 0.160. The summed E-state index contributed by atoms with van der Waals surface area (Å²) < 4.78 is 1.95. The van der Waals surface area contributed by atoms with Crippen LogP contribution in [0.3, 0.4) is 0 Å². The van der Waals surface area contributed by atoms with Crippen LogP contribution in [0.15, 0.2) is 42.6 Å². The van der Waals surface area contributed by atoms with E-state index in [9.17, 15) is 4.79 Å². The molecule has 0 unspecified atom stereocenters. The van der Waals surface area contributed by atoms with Crippen LogP contribution >= 0.6 is 0 Å². The van der Waals surface area contributed by atoms with Crippen molar-refractivity contribution >= 4 is 5.78 Å². The molecule has 0 atom stereocenters. The van der Waals surface area contributed by atoms with Crippen molar-refractivity contribution < 1.29 is 4.79 Å². The lowest BCUT2D eigenvalue weighted by atomic mass is 9.89. The van der Waals surface area contributed by atoms with Gasteiger partial charge < -0.3 is 4.57 Å². The fourth-order valence-electron chi connectivity index (χ4n) is 1.88. The van der Waals surface area contributed by atoms with Gasteiger partial charge in [0.2, 0.25) is 0 Å². The van der Waals surface area contributed by atoms with Gasteiger partial charge in [-0.1, -0.05) is 38.5 Å². The molecule has 0 aliphatic rings. The molecular formula is C16H19NO. The molecule has 0 aliphatic heterocycles. The maximum Gasteiger partial charge on any atom is 0.184 e. The number of rotatable bonds is 2. The molecule has 18 heavy (non-hydrogen) atoms. The Kier molecular flexibility index (Phi) is 3.12. The van der Waals surface area contributed by atoms with E-state index >= 15 is 0 Å². The molecule has 0 aliphatic carbocycles. The Bertz CT molecular complexity index is 556. The first kappa shape index (κ1) is 12.6. The van der Waals surface area contributed by atoms with Crippen molar-refractivity contribution in [3.63, 3.8) is 0 Å². The van der Waals surface area contributed by atoms with Gasteiger partial charge in [0, 0.05) is 17.3 Å². The SMILES string of the molecule is Cc1ccc(-n2cccc2C(=O)C(C)(C)C)cc1. The van der Waals surface area contributed by atoms with Gasteiger partial charge in [-0.3, -0.25) is 4.79 Å². The first-order valence-electron chi connectivity index (χ1n) is 6.19.